The molecule has 1 fully saturated rings. The number of amides is 1. The highest BCUT2D eigenvalue weighted by atomic mass is 32.1. The summed E-state index contributed by atoms with van der Waals surface area (Å²) in [5.41, 5.74) is 0. The second kappa shape index (κ2) is 5.78. The van der Waals surface area contributed by atoms with Crippen LogP contribution in [0.4, 0.5) is 13.2 Å². The molecular formula is C11H11F3N2O3S. The molecule has 1 aliphatic heterocycles. The molecule has 0 spiro atoms. The maximum absolute atomic E-state index is 12.5. The minimum absolute atomic E-state index is 0.0491. The molecule has 110 valence electrons. The molecule has 1 amide bonds. The van der Waals surface area contributed by atoms with Crippen LogP contribution >= 0.6 is 11.3 Å². The Morgan fingerprint density at radius 2 is 2.30 bits per heavy atom. The van der Waals surface area contributed by atoms with E-state index in [-0.39, 0.29) is 19.4 Å². The number of halogens is 3. The summed E-state index contributed by atoms with van der Waals surface area (Å²) < 4.78 is 42.3. The van der Waals surface area contributed by atoms with Crippen LogP contribution in [0.15, 0.2) is 11.6 Å². The van der Waals surface area contributed by atoms with E-state index in [0.717, 1.165) is 11.3 Å². The highest BCUT2D eigenvalue weighted by molar-refractivity contribution is 7.09. The molecule has 0 aliphatic carbocycles. The van der Waals surface area contributed by atoms with Crippen LogP contribution in [0.3, 0.4) is 0 Å². The van der Waals surface area contributed by atoms with Crippen LogP contribution in [0.25, 0.3) is 0 Å². The lowest BCUT2D eigenvalue weighted by Gasteiger charge is -2.25. The van der Waals surface area contributed by atoms with Crippen LogP contribution in [0.2, 0.25) is 0 Å². The average molecular weight is 308 g/mol. The van der Waals surface area contributed by atoms with Crippen LogP contribution in [-0.4, -0.2) is 40.6 Å². The Kier molecular flexibility index (Phi) is 4.26. The molecular weight excluding hydrogens is 297 g/mol. The van der Waals surface area contributed by atoms with E-state index in [2.05, 4.69) is 4.98 Å². The minimum atomic E-state index is -4.52. The lowest BCUT2D eigenvalue weighted by atomic mass is 10.2. The fourth-order valence-electron chi connectivity index (χ4n) is 1.83. The van der Waals surface area contributed by atoms with E-state index in [1.807, 2.05) is 0 Å². The van der Waals surface area contributed by atoms with Gasteiger partial charge in [-0.05, 0) is 0 Å². The molecule has 0 saturated carbocycles. The number of ether oxygens (including phenoxy) is 1. The second-order valence-corrected chi connectivity index (χ2v) is 5.23. The highest BCUT2D eigenvalue weighted by Gasteiger charge is 2.39. The first-order valence-corrected chi connectivity index (χ1v) is 6.66. The monoisotopic (exact) mass is 308 g/mol. The van der Waals surface area contributed by atoms with Crippen molar-refractivity contribution in [3.63, 3.8) is 0 Å². The highest BCUT2D eigenvalue weighted by Crippen LogP contribution is 2.23. The summed E-state index contributed by atoms with van der Waals surface area (Å²) in [6, 6.07) is 0. The van der Waals surface area contributed by atoms with Crippen molar-refractivity contribution in [1.29, 1.82) is 0 Å². The Balaban J connectivity index is 2.08. The van der Waals surface area contributed by atoms with Crippen molar-refractivity contribution in [3.05, 3.63) is 16.6 Å². The number of hydrogen-bond donors (Lipinski definition) is 0. The first-order valence-electron chi connectivity index (χ1n) is 5.78. The van der Waals surface area contributed by atoms with E-state index in [9.17, 15) is 22.8 Å². The third-order valence-electron chi connectivity index (χ3n) is 2.65. The largest absolute Gasteiger partial charge is 0.452 e. The Bertz CT molecular complexity index is 490. The van der Waals surface area contributed by atoms with Crippen molar-refractivity contribution in [2.45, 2.75) is 31.7 Å². The number of carbonyl (C=O) groups is 2. The molecule has 1 aromatic heterocycles. The van der Waals surface area contributed by atoms with Gasteiger partial charge in [-0.3, -0.25) is 9.59 Å². The van der Waals surface area contributed by atoms with Gasteiger partial charge in [0.25, 0.3) is 5.91 Å². The van der Waals surface area contributed by atoms with Gasteiger partial charge in [-0.1, -0.05) is 0 Å². The number of aromatic nitrogens is 1. The molecule has 0 unspecified atom stereocenters. The SMILES string of the molecule is O=C1CC[C@H](C(=O)N(Cc2nccs2)CC(F)(F)F)O1. The molecule has 5 nitrogen and oxygen atoms in total. The Morgan fingerprint density at radius 1 is 1.55 bits per heavy atom. The van der Waals surface area contributed by atoms with Gasteiger partial charge in [0.1, 0.15) is 11.6 Å². The van der Waals surface area contributed by atoms with Gasteiger partial charge >= 0.3 is 12.1 Å². The topological polar surface area (TPSA) is 59.5 Å². The van der Waals surface area contributed by atoms with Crippen LogP contribution < -0.4 is 0 Å². The number of alkyl halides is 3. The third kappa shape index (κ3) is 3.92. The van der Waals surface area contributed by atoms with Gasteiger partial charge in [0.2, 0.25) is 0 Å². The maximum atomic E-state index is 12.5. The average Bonchev–Trinajstić information content (AvgIpc) is 2.97. The van der Waals surface area contributed by atoms with E-state index in [1.165, 1.54) is 6.20 Å². The first kappa shape index (κ1) is 14.8. The summed E-state index contributed by atoms with van der Waals surface area (Å²) in [5.74, 6) is -1.40. The zero-order chi connectivity index (χ0) is 14.8. The van der Waals surface area contributed by atoms with Crippen LogP contribution in [0.5, 0.6) is 0 Å². The molecule has 2 rings (SSSR count). The quantitative estimate of drug-likeness (QED) is 0.795. The molecule has 0 N–H and O–H groups in total. The summed E-state index contributed by atoms with van der Waals surface area (Å²) in [6.45, 7) is -1.64. The summed E-state index contributed by atoms with van der Waals surface area (Å²) in [6.07, 6.45) is -4.02. The number of carbonyl (C=O) groups excluding carboxylic acids is 2. The summed E-state index contributed by atoms with van der Waals surface area (Å²) in [4.78, 5) is 27.5. The van der Waals surface area contributed by atoms with Crippen molar-refractivity contribution in [1.82, 2.24) is 9.88 Å². The zero-order valence-corrected chi connectivity index (χ0v) is 11.0. The molecule has 1 aliphatic rings. The van der Waals surface area contributed by atoms with E-state index in [0.29, 0.717) is 9.91 Å². The number of thiazole rings is 1. The Hall–Kier alpha value is -1.64. The van der Waals surface area contributed by atoms with Gasteiger partial charge < -0.3 is 9.64 Å². The van der Waals surface area contributed by atoms with E-state index in [1.54, 1.807) is 5.38 Å². The Morgan fingerprint density at radius 3 is 2.80 bits per heavy atom. The number of esters is 1. The van der Waals surface area contributed by atoms with Gasteiger partial charge in [0.05, 0.1) is 6.54 Å². The molecule has 20 heavy (non-hydrogen) atoms. The van der Waals surface area contributed by atoms with E-state index < -0.39 is 30.7 Å². The molecule has 0 radical (unpaired) electrons. The summed E-state index contributed by atoms with van der Waals surface area (Å²) in [5, 5.41) is 2.01. The van der Waals surface area contributed by atoms with Crippen LogP contribution in [0, 0.1) is 0 Å². The van der Waals surface area contributed by atoms with Gasteiger partial charge in [-0.25, -0.2) is 4.98 Å². The fraction of sp³-hybridized carbons (Fsp3) is 0.545. The number of nitrogens with zero attached hydrogens (tertiary/aromatic N) is 2. The van der Waals surface area contributed by atoms with Crippen LogP contribution in [-0.2, 0) is 20.9 Å². The van der Waals surface area contributed by atoms with Crippen molar-refractivity contribution < 1.29 is 27.5 Å². The maximum Gasteiger partial charge on any atom is 0.406 e. The van der Waals surface area contributed by atoms with Crippen molar-refractivity contribution in [2.24, 2.45) is 0 Å². The fourth-order valence-corrected chi connectivity index (χ4v) is 2.46. The molecule has 1 atom stereocenters. The molecule has 1 aromatic rings. The number of hydrogen-bond acceptors (Lipinski definition) is 5. The predicted octanol–water partition coefficient (Wildman–Crippen LogP) is 1.74. The predicted molar refractivity (Wildman–Crippen MR) is 62.7 cm³/mol. The molecule has 9 heteroatoms. The smallest absolute Gasteiger partial charge is 0.406 e. The molecule has 1 saturated heterocycles. The molecule has 0 bridgehead atoms. The Labute approximate surface area is 116 Å². The van der Waals surface area contributed by atoms with E-state index in [4.69, 9.17) is 4.74 Å². The summed E-state index contributed by atoms with van der Waals surface area (Å²) in [7, 11) is 0. The van der Waals surface area contributed by atoms with Gasteiger partial charge in [-0.2, -0.15) is 13.2 Å². The molecule has 0 aromatic carbocycles. The lowest BCUT2D eigenvalue weighted by Crippen LogP contribution is -2.43. The normalized spacial score (nSPS) is 18.9. The van der Waals surface area contributed by atoms with Crippen LogP contribution in [0.1, 0.15) is 17.8 Å². The third-order valence-corrected chi connectivity index (χ3v) is 3.42. The van der Waals surface area contributed by atoms with Gasteiger partial charge in [-0.15, -0.1) is 11.3 Å². The minimum Gasteiger partial charge on any atom is -0.452 e. The molecule has 2 heterocycles. The van der Waals surface area contributed by atoms with Gasteiger partial charge in [0, 0.05) is 24.4 Å². The standard InChI is InChI=1S/C11H11F3N2O3S/c12-11(13,14)6-16(5-8-15-3-4-20-8)10(18)7-1-2-9(17)19-7/h3-4,7H,1-2,5-6H2/t7-/m1/s1. The first-order chi connectivity index (χ1) is 9.35. The van der Waals surface area contributed by atoms with Crippen molar-refractivity contribution in [2.75, 3.05) is 6.54 Å². The lowest BCUT2D eigenvalue weighted by molar-refractivity contribution is -0.170. The van der Waals surface area contributed by atoms with E-state index >= 15 is 0 Å². The second-order valence-electron chi connectivity index (χ2n) is 4.25. The van der Waals surface area contributed by atoms with Crippen molar-refractivity contribution >= 4 is 23.2 Å². The summed E-state index contributed by atoms with van der Waals surface area (Å²) >= 11 is 1.16. The zero-order valence-electron chi connectivity index (χ0n) is 10.2. The van der Waals surface area contributed by atoms with Gasteiger partial charge in [0.15, 0.2) is 6.10 Å². The number of cyclic esters (lactones) is 1. The number of rotatable bonds is 4. The van der Waals surface area contributed by atoms with Crippen molar-refractivity contribution in [3.8, 4) is 0 Å².